The van der Waals surface area contributed by atoms with Crippen LogP contribution in [0.2, 0.25) is 0 Å². The van der Waals surface area contributed by atoms with E-state index in [-0.39, 0.29) is 5.83 Å². The number of piperazine rings is 1. The van der Waals surface area contributed by atoms with Gasteiger partial charge in [0.15, 0.2) is 0 Å². The van der Waals surface area contributed by atoms with Gasteiger partial charge in [0.2, 0.25) is 0 Å². The third-order valence-electron chi connectivity index (χ3n) is 4.52. The van der Waals surface area contributed by atoms with E-state index in [1.54, 1.807) is 6.92 Å². The van der Waals surface area contributed by atoms with Crippen molar-refractivity contribution >= 4 is 0 Å². The minimum absolute atomic E-state index is 0.371. The van der Waals surface area contributed by atoms with Crippen LogP contribution in [0, 0.1) is 0 Å². The largest absolute Gasteiger partial charge is 0.372 e. The Morgan fingerprint density at radius 1 is 1.14 bits per heavy atom. The maximum absolute atomic E-state index is 13.2. The molecule has 0 radical (unpaired) electrons. The monoisotopic (exact) mass is 389 g/mol. The molecule has 0 aromatic carbocycles. The molecule has 0 saturated carbocycles. The summed E-state index contributed by atoms with van der Waals surface area (Å²) in [4.78, 5) is 8.51. The fraction of sp³-hybridized carbons (Fsp3) is 0.435. The van der Waals surface area contributed by atoms with E-state index in [1.807, 2.05) is 43.1 Å². The summed E-state index contributed by atoms with van der Waals surface area (Å²) >= 11 is 0. The van der Waals surface area contributed by atoms with Gasteiger partial charge >= 0.3 is 0 Å². The van der Waals surface area contributed by atoms with Gasteiger partial charge in [0.1, 0.15) is 12.2 Å². The highest BCUT2D eigenvalue weighted by Gasteiger charge is 2.18. The quantitative estimate of drug-likeness (QED) is 0.524. The number of hydrogen-bond acceptors (Lipinski definition) is 3. The SMILES string of the molecule is C=C(CCCc1ccccn1)N1CCN(C(/C=C\C(F)=C/C)=C\F)CC1.CC. The summed E-state index contributed by atoms with van der Waals surface area (Å²) < 4.78 is 26.3. The van der Waals surface area contributed by atoms with Gasteiger partial charge in [-0.3, -0.25) is 4.98 Å². The molecular formula is C23H33F2N3. The maximum Gasteiger partial charge on any atom is 0.119 e. The van der Waals surface area contributed by atoms with Crippen LogP contribution in [0.4, 0.5) is 8.78 Å². The Kier molecular flexibility index (Phi) is 11.5. The van der Waals surface area contributed by atoms with Crippen LogP contribution in [-0.4, -0.2) is 41.0 Å². The first-order valence-electron chi connectivity index (χ1n) is 10.0. The van der Waals surface area contributed by atoms with E-state index in [0.717, 1.165) is 43.7 Å². The molecule has 1 saturated heterocycles. The van der Waals surface area contributed by atoms with Gasteiger partial charge in [0.05, 0.1) is 5.70 Å². The molecule has 5 heteroatoms. The second-order valence-corrected chi connectivity index (χ2v) is 6.26. The molecule has 0 bridgehead atoms. The summed E-state index contributed by atoms with van der Waals surface area (Å²) in [6, 6.07) is 5.96. The van der Waals surface area contributed by atoms with E-state index in [2.05, 4.69) is 16.5 Å². The lowest BCUT2D eigenvalue weighted by Gasteiger charge is -2.38. The normalized spacial score (nSPS) is 15.5. The lowest BCUT2D eigenvalue weighted by molar-refractivity contribution is 0.190. The van der Waals surface area contributed by atoms with Gasteiger partial charge < -0.3 is 9.80 Å². The van der Waals surface area contributed by atoms with E-state index < -0.39 is 0 Å². The number of rotatable bonds is 8. The highest BCUT2D eigenvalue weighted by Crippen LogP contribution is 2.18. The van der Waals surface area contributed by atoms with Crippen LogP contribution in [0.25, 0.3) is 0 Å². The van der Waals surface area contributed by atoms with Gasteiger partial charge in [-0.2, -0.15) is 0 Å². The van der Waals surface area contributed by atoms with Gasteiger partial charge in [-0.1, -0.05) is 32.6 Å². The molecule has 1 fully saturated rings. The second-order valence-electron chi connectivity index (χ2n) is 6.26. The van der Waals surface area contributed by atoms with Crippen molar-refractivity contribution < 1.29 is 8.78 Å². The van der Waals surface area contributed by atoms with Crippen molar-refractivity contribution in [2.24, 2.45) is 0 Å². The Balaban J connectivity index is 0.00000190. The first-order chi connectivity index (χ1) is 13.6. The van der Waals surface area contributed by atoms with Crippen molar-refractivity contribution in [2.45, 2.75) is 40.0 Å². The Morgan fingerprint density at radius 3 is 2.39 bits per heavy atom. The molecule has 1 aromatic heterocycles. The van der Waals surface area contributed by atoms with Gasteiger partial charge in [-0.15, -0.1) is 0 Å². The molecule has 0 spiro atoms. The van der Waals surface area contributed by atoms with Crippen LogP contribution in [0.3, 0.4) is 0 Å². The van der Waals surface area contributed by atoms with E-state index >= 15 is 0 Å². The maximum atomic E-state index is 13.2. The lowest BCUT2D eigenvalue weighted by Crippen LogP contribution is -2.44. The standard InChI is InChI=1S/C21H27F2N3.C2H6/c1-3-19(23)10-11-21(17-22)26-15-13-25(14-16-26)18(2)7-6-9-20-8-4-5-12-24-20;1-2/h3-5,8,10-12,17H,2,6-7,9,13-16H2,1H3;1-2H3/b11-10-,19-3+,21-17-;. The van der Waals surface area contributed by atoms with Crippen LogP contribution in [0.1, 0.15) is 39.3 Å². The van der Waals surface area contributed by atoms with Crippen molar-refractivity contribution in [1.29, 1.82) is 0 Å². The molecule has 1 aliphatic rings. The minimum Gasteiger partial charge on any atom is -0.372 e. The highest BCUT2D eigenvalue weighted by molar-refractivity contribution is 5.23. The number of aromatic nitrogens is 1. The summed E-state index contributed by atoms with van der Waals surface area (Å²) in [6.45, 7) is 12.8. The van der Waals surface area contributed by atoms with Crippen LogP contribution in [0.15, 0.2) is 72.8 Å². The lowest BCUT2D eigenvalue weighted by atomic mass is 10.1. The van der Waals surface area contributed by atoms with Crippen LogP contribution in [-0.2, 0) is 6.42 Å². The zero-order valence-electron chi connectivity index (χ0n) is 17.4. The van der Waals surface area contributed by atoms with Crippen molar-refractivity contribution in [1.82, 2.24) is 14.8 Å². The molecule has 0 atom stereocenters. The topological polar surface area (TPSA) is 19.4 Å². The Labute approximate surface area is 168 Å². The molecule has 28 heavy (non-hydrogen) atoms. The molecule has 154 valence electrons. The van der Waals surface area contributed by atoms with Crippen molar-refractivity contribution in [2.75, 3.05) is 26.2 Å². The van der Waals surface area contributed by atoms with Crippen LogP contribution >= 0.6 is 0 Å². The summed E-state index contributed by atoms with van der Waals surface area (Å²) in [5.74, 6) is -0.371. The number of pyridine rings is 1. The van der Waals surface area contributed by atoms with Gasteiger partial charge in [-0.25, -0.2) is 8.78 Å². The number of hydrogen-bond donors (Lipinski definition) is 0. The van der Waals surface area contributed by atoms with Crippen LogP contribution < -0.4 is 0 Å². The molecule has 2 rings (SSSR count). The predicted molar refractivity (Wildman–Crippen MR) is 114 cm³/mol. The third kappa shape index (κ3) is 8.07. The van der Waals surface area contributed by atoms with Gasteiger partial charge in [0.25, 0.3) is 0 Å². The average Bonchev–Trinajstić information content (AvgIpc) is 2.76. The summed E-state index contributed by atoms with van der Waals surface area (Å²) in [5.41, 5.74) is 2.62. The molecular weight excluding hydrogens is 356 g/mol. The highest BCUT2D eigenvalue weighted by atomic mass is 19.1. The number of halogens is 2. The zero-order chi connectivity index (χ0) is 20.8. The van der Waals surface area contributed by atoms with E-state index in [1.165, 1.54) is 18.2 Å². The molecule has 1 aromatic rings. The fourth-order valence-corrected chi connectivity index (χ4v) is 2.93. The second kappa shape index (κ2) is 13.7. The minimum atomic E-state index is -0.371. The molecule has 0 amide bonds. The Morgan fingerprint density at radius 2 is 1.82 bits per heavy atom. The number of aryl methyl sites for hydroxylation is 1. The molecule has 0 N–H and O–H groups in total. The van der Waals surface area contributed by atoms with E-state index in [4.69, 9.17) is 0 Å². The zero-order valence-corrected chi connectivity index (χ0v) is 17.4. The van der Waals surface area contributed by atoms with Gasteiger partial charge in [0, 0.05) is 43.8 Å². The number of nitrogens with zero attached hydrogens (tertiary/aromatic N) is 3. The van der Waals surface area contributed by atoms with Crippen molar-refractivity contribution in [3.63, 3.8) is 0 Å². The third-order valence-corrected chi connectivity index (χ3v) is 4.52. The van der Waals surface area contributed by atoms with Gasteiger partial charge in [-0.05, 0) is 50.5 Å². The summed E-state index contributed by atoms with van der Waals surface area (Å²) in [7, 11) is 0. The molecule has 1 aliphatic heterocycles. The Bertz CT molecular complexity index is 658. The fourth-order valence-electron chi connectivity index (χ4n) is 2.93. The van der Waals surface area contributed by atoms with Crippen molar-refractivity contribution in [3.8, 4) is 0 Å². The van der Waals surface area contributed by atoms with Crippen molar-refractivity contribution in [3.05, 3.63) is 78.4 Å². The van der Waals surface area contributed by atoms with E-state index in [9.17, 15) is 8.78 Å². The summed E-state index contributed by atoms with van der Waals surface area (Å²) in [6.07, 6.45) is 9.34. The predicted octanol–water partition coefficient (Wildman–Crippen LogP) is 5.80. The molecule has 3 nitrogen and oxygen atoms in total. The first kappa shape index (κ1) is 23.6. The average molecular weight is 390 g/mol. The smallest absolute Gasteiger partial charge is 0.119 e. The molecule has 0 aliphatic carbocycles. The molecule has 0 unspecified atom stereocenters. The van der Waals surface area contributed by atoms with E-state index in [0.29, 0.717) is 25.1 Å². The number of allylic oxidation sites excluding steroid dienone is 5. The first-order valence-corrected chi connectivity index (χ1v) is 10.0. The summed E-state index contributed by atoms with van der Waals surface area (Å²) in [5, 5.41) is 0. The molecule has 2 heterocycles. The Hall–Kier alpha value is -2.43. The van der Waals surface area contributed by atoms with Crippen LogP contribution in [0.5, 0.6) is 0 Å².